The second-order valence-electron chi connectivity index (χ2n) is 11.9. The summed E-state index contributed by atoms with van der Waals surface area (Å²) in [5, 5.41) is 14.3. The van der Waals surface area contributed by atoms with Crippen LogP contribution in [-0.2, 0) is 24.2 Å². The molecule has 4 N–H and O–H groups in total. The molecule has 11 heteroatoms. The molecule has 220 valence electrons. The average molecular weight is 576 g/mol. The Balaban J connectivity index is 1.31. The Hall–Kier alpha value is -2.44. The number of anilines is 1. The van der Waals surface area contributed by atoms with E-state index in [9.17, 15) is 18.3 Å². The van der Waals surface area contributed by atoms with Crippen molar-refractivity contribution in [3.8, 4) is 0 Å². The third-order valence-corrected chi connectivity index (χ3v) is 10.1. The minimum atomic E-state index is -3.92. The largest absolute Gasteiger partial charge is 0.443 e. The number of ether oxygens (including phenoxy) is 3. The third kappa shape index (κ3) is 6.54. The predicted molar refractivity (Wildman–Crippen MR) is 149 cm³/mol. The van der Waals surface area contributed by atoms with E-state index >= 15 is 0 Å². The van der Waals surface area contributed by atoms with E-state index in [0.29, 0.717) is 24.6 Å². The summed E-state index contributed by atoms with van der Waals surface area (Å²) >= 11 is 0. The first kappa shape index (κ1) is 29.1. The summed E-state index contributed by atoms with van der Waals surface area (Å²) in [6, 6.07) is 5.28. The molecular weight excluding hydrogens is 534 g/mol. The predicted octanol–water partition coefficient (Wildman–Crippen LogP) is 3.04. The lowest BCUT2D eigenvalue weighted by Gasteiger charge is -2.37. The summed E-state index contributed by atoms with van der Waals surface area (Å²) in [6.07, 6.45) is 8.23. The highest BCUT2D eigenvalue weighted by Crippen LogP contribution is 2.46. The van der Waals surface area contributed by atoms with Gasteiger partial charge in [-0.3, -0.25) is 0 Å². The van der Waals surface area contributed by atoms with Crippen molar-refractivity contribution in [2.24, 2.45) is 23.7 Å². The van der Waals surface area contributed by atoms with Gasteiger partial charge in [0.15, 0.2) is 6.29 Å². The van der Waals surface area contributed by atoms with E-state index in [0.717, 1.165) is 19.3 Å². The van der Waals surface area contributed by atoms with Crippen LogP contribution in [-0.4, -0.2) is 74.3 Å². The molecule has 5 rings (SSSR count). The van der Waals surface area contributed by atoms with Gasteiger partial charge in [-0.05, 0) is 61.8 Å². The molecule has 2 saturated heterocycles. The lowest BCUT2D eigenvalue weighted by atomic mass is 9.78. The Kier molecular flexibility index (Phi) is 8.86. The Labute approximate surface area is 236 Å². The molecule has 8 atom stereocenters. The zero-order valence-corrected chi connectivity index (χ0v) is 23.9. The van der Waals surface area contributed by atoms with Crippen LogP contribution in [0.4, 0.5) is 10.5 Å². The van der Waals surface area contributed by atoms with Gasteiger partial charge in [-0.1, -0.05) is 38.2 Å². The number of fused-ring (bicyclic) bond motifs is 2. The molecule has 0 aromatic heterocycles. The second kappa shape index (κ2) is 12.2. The zero-order valence-electron chi connectivity index (χ0n) is 23.1. The lowest BCUT2D eigenvalue weighted by molar-refractivity contribution is -0.153. The van der Waals surface area contributed by atoms with Gasteiger partial charge in [0.25, 0.3) is 0 Å². The fourth-order valence-electron chi connectivity index (χ4n) is 6.28. The number of aliphatic hydroxyl groups is 1. The van der Waals surface area contributed by atoms with Gasteiger partial charge < -0.3 is 30.4 Å². The van der Waals surface area contributed by atoms with Crippen molar-refractivity contribution in [3.05, 3.63) is 48.6 Å². The van der Waals surface area contributed by atoms with Crippen LogP contribution in [0.25, 0.3) is 0 Å². The van der Waals surface area contributed by atoms with Crippen molar-refractivity contribution < 1.29 is 32.5 Å². The van der Waals surface area contributed by atoms with Crippen LogP contribution in [0.2, 0.25) is 0 Å². The first-order valence-electron chi connectivity index (χ1n) is 14.2. The average Bonchev–Trinajstić information content (AvgIpc) is 3.21. The number of carbonyl (C=O) groups excluding carboxylic acids is 1. The second-order valence-corrected chi connectivity index (χ2v) is 13.8. The Morgan fingerprint density at radius 1 is 1.18 bits per heavy atom. The Bertz CT molecular complexity index is 1190. The van der Waals surface area contributed by atoms with Crippen molar-refractivity contribution in [1.82, 2.24) is 9.62 Å². The summed E-state index contributed by atoms with van der Waals surface area (Å²) in [5.41, 5.74) is 6.22. The monoisotopic (exact) mass is 575 g/mol. The molecule has 2 aliphatic heterocycles. The third-order valence-electron chi connectivity index (χ3n) is 8.25. The first-order chi connectivity index (χ1) is 19.1. The highest BCUT2D eigenvalue weighted by molar-refractivity contribution is 7.89. The summed E-state index contributed by atoms with van der Waals surface area (Å²) < 4.78 is 46.1. The maximum Gasteiger partial charge on any atom is 0.407 e. The van der Waals surface area contributed by atoms with E-state index in [4.69, 9.17) is 19.9 Å². The number of alkyl carbamates (subject to hydrolysis) is 1. The number of rotatable bonds is 11. The van der Waals surface area contributed by atoms with Crippen LogP contribution in [0, 0.1) is 23.7 Å². The fourth-order valence-corrected chi connectivity index (χ4v) is 7.90. The van der Waals surface area contributed by atoms with E-state index in [1.54, 1.807) is 12.1 Å². The Morgan fingerprint density at radius 2 is 1.95 bits per heavy atom. The molecule has 1 amide bonds. The number of carbonyl (C=O) groups is 1. The normalized spacial score (nSPS) is 30.5. The van der Waals surface area contributed by atoms with Crippen LogP contribution in [0.15, 0.2) is 53.5 Å². The summed E-state index contributed by atoms with van der Waals surface area (Å²) in [4.78, 5) is 13.3. The number of nitrogens with zero attached hydrogens (tertiary/aromatic N) is 1. The van der Waals surface area contributed by atoms with Gasteiger partial charge >= 0.3 is 6.09 Å². The van der Waals surface area contributed by atoms with E-state index in [2.05, 4.69) is 5.32 Å². The number of benzene rings is 1. The van der Waals surface area contributed by atoms with Gasteiger partial charge in [0, 0.05) is 30.6 Å². The van der Waals surface area contributed by atoms with Crippen LogP contribution in [0.5, 0.6) is 0 Å². The maximum absolute atomic E-state index is 13.6. The summed E-state index contributed by atoms with van der Waals surface area (Å²) in [5.74, 6) is 0.518. The SMILES string of the molecule is CC(C)CN(C[C@@H](O)[C@H](CC1C=CC=CC1)NC(=O)OC1C2COC3OC1CC3C2)S(=O)(=O)c1ccc(N)cc1. The molecule has 40 heavy (non-hydrogen) atoms. The molecule has 3 bridgehead atoms. The standard InChI is InChI=1S/C29H41N3O7S/c1-18(2)15-32(40(35,36)23-10-8-22(30)9-11-23)16-25(33)24(12-19-6-4-3-5-7-19)31-29(34)39-27-21-13-20-14-26(27)38-28(20)37-17-21/h3-6,8-11,18-21,24-28,33H,7,12-17,30H2,1-2H3,(H,31,34)/t19?,20?,21?,24-,25+,26?,27?,28?/m0/s1. The number of hydrogen-bond donors (Lipinski definition) is 3. The highest BCUT2D eigenvalue weighted by atomic mass is 32.2. The minimum absolute atomic E-state index is 0.0116. The molecule has 6 unspecified atom stereocenters. The van der Waals surface area contributed by atoms with Gasteiger partial charge in [0.1, 0.15) is 6.10 Å². The van der Waals surface area contributed by atoms with Crippen molar-refractivity contribution in [2.75, 3.05) is 25.4 Å². The highest BCUT2D eigenvalue weighted by Gasteiger charge is 2.53. The van der Waals surface area contributed by atoms with Crippen LogP contribution in [0.3, 0.4) is 0 Å². The fraction of sp³-hybridized carbons (Fsp3) is 0.621. The topological polar surface area (TPSA) is 140 Å². The van der Waals surface area contributed by atoms with Gasteiger partial charge in [0.05, 0.1) is 29.8 Å². The van der Waals surface area contributed by atoms with Crippen LogP contribution < -0.4 is 11.1 Å². The molecule has 0 spiro atoms. The molecular formula is C29H41N3O7S. The molecule has 10 nitrogen and oxygen atoms in total. The number of amides is 1. The molecule has 2 heterocycles. The number of hydrogen-bond acceptors (Lipinski definition) is 8. The Morgan fingerprint density at radius 3 is 2.65 bits per heavy atom. The van der Waals surface area contributed by atoms with E-state index in [1.807, 2.05) is 38.2 Å². The van der Waals surface area contributed by atoms with Crippen LogP contribution >= 0.6 is 0 Å². The minimum Gasteiger partial charge on any atom is -0.443 e. The van der Waals surface area contributed by atoms with E-state index in [1.165, 1.54) is 16.4 Å². The molecule has 2 aliphatic carbocycles. The molecule has 3 fully saturated rings. The molecule has 1 aromatic rings. The summed E-state index contributed by atoms with van der Waals surface area (Å²) in [6.45, 7) is 4.35. The smallest absolute Gasteiger partial charge is 0.407 e. The number of aliphatic hydroxyl groups excluding tert-OH is 1. The maximum atomic E-state index is 13.6. The van der Waals surface area contributed by atoms with E-state index in [-0.39, 0.29) is 48.1 Å². The molecule has 4 aliphatic rings. The lowest BCUT2D eigenvalue weighted by Crippen LogP contribution is -2.52. The quantitative estimate of drug-likeness (QED) is 0.342. The zero-order chi connectivity index (χ0) is 28.4. The molecule has 1 aromatic carbocycles. The molecule has 1 saturated carbocycles. The number of allylic oxidation sites excluding steroid dienone is 4. The molecule has 0 radical (unpaired) electrons. The van der Waals surface area contributed by atoms with Crippen molar-refractivity contribution >= 4 is 21.8 Å². The van der Waals surface area contributed by atoms with Crippen molar-refractivity contribution in [1.29, 1.82) is 0 Å². The number of nitrogens with one attached hydrogen (secondary N) is 1. The van der Waals surface area contributed by atoms with Gasteiger partial charge in [-0.2, -0.15) is 4.31 Å². The van der Waals surface area contributed by atoms with Crippen LogP contribution in [0.1, 0.15) is 39.5 Å². The van der Waals surface area contributed by atoms with Crippen molar-refractivity contribution in [3.63, 3.8) is 0 Å². The first-order valence-corrected chi connectivity index (χ1v) is 15.7. The van der Waals surface area contributed by atoms with Gasteiger partial charge in [-0.25, -0.2) is 13.2 Å². The van der Waals surface area contributed by atoms with E-state index < -0.39 is 34.4 Å². The van der Waals surface area contributed by atoms with Gasteiger partial charge in [0.2, 0.25) is 10.0 Å². The van der Waals surface area contributed by atoms with Gasteiger partial charge in [-0.15, -0.1) is 0 Å². The number of sulfonamides is 1. The number of nitrogen functional groups attached to an aromatic ring is 1. The van der Waals surface area contributed by atoms with Crippen molar-refractivity contribution in [2.45, 2.75) is 75.1 Å². The number of nitrogens with two attached hydrogens (primary N) is 1. The summed E-state index contributed by atoms with van der Waals surface area (Å²) in [7, 11) is -3.92.